The largest absolute Gasteiger partial charge is 0.464 e. The summed E-state index contributed by atoms with van der Waals surface area (Å²) >= 11 is 0. The molecule has 9 aromatic rings. The predicted octanol–water partition coefficient (Wildman–Crippen LogP) is 11.0. The van der Waals surface area contributed by atoms with Crippen molar-refractivity contribution in [2.24, 2.45) is 0 Å². The maximum absolute atomic E-state index is 5.99. The Morgan fingerprint density at radius 1 is 0.457 bits per heavy atom. The van der Waals surface area contributed by atoms with Crippen molar-refractivity contribution in [3.63, 3.8) is 0 Å². The molecule has 9 rings (SSSR count). The molecular weight excluding hydrogens is 562 g/mol. The maximum Gasteiger partial charge on any atom is 0.160 e. The number of hydrogen-bond acceptors (Lipinski definition) is 3. The van der Waals surface area contributed by atoms with Gasteiger partial charge in [0.1, 0.15) is 5.58 Å². The molecule has 0 aliphatic carbocycles. The van der Waals surface area contributed by atoms with E-state index in [0.717, 1.165) is 66.5 Å². The van der Waals surface area contributed by atoms with Crippen molar-refractivity contribution in [2.45, 2.75) is 0 Å². The van der Waals surface area contributed by atoms with E-state index >= 15 is 0 Å². The van der Waals surface area contributed by atoms with Crippen LogP contribution in [0.5, 0.6) is 0 Å². The fourth-order valence-electron chi connectivity index (χ4n) is 6.49. The van der Waals surface area contributed by atoms with Gasteiger partial charge in [-0.25, -0.2) is 9.97 Å². The van der Waals surface area contributed by atoms with Crippen molar-refractivity contribution in [3.05, 3.63) is 164 Å². The molecular formula is C42H27N3O. The number of nitrogens with zero attached hydrogens (tertiary/aromatic N) is 3. The molecule has 3 heterocycles. The molecule has 0 fully saturated rings. The normalized spacial score (nSPS) is 11.5. The first-order chi connectivity index (χ1) is 22.8. The average molecular weight is 590 g/mol. The quantitative estimate of drug-likeness (QED) is 0.201. The number of para-hydroxylation sites is 1. The van der Waals surface area contributed by atoms with Gasteiger partial charge in [-0.05, 0) is 53.6 Å². The number of fused-ring (bicyclic) bond motifs is 5. The molecule has 46 heavy (non-hydrogen) atoms. The number of furan rings is 1. The van der Waals surface area contributed by atoms with Crippen molar-refractivity contribution >= 4 is 32.8 Å². The molecule has 0 spiro atoms. The molecule has 0 saturated heterocycles. The second-order valence-electron chi connectivity index (χ2n) is 11.5. The predicted molar refractivity (Wildman–Crippen MR) is 188 cm³/mol. The molecule has 0 bridgehead atoms. The van der Waals surface area contributed by atoms with E-state index in [4.69, 9.17) is 14.4 Å². The Balaban J connectivity index is 1.21. The molecule has 0 aliphatic heterocycles. The third kappa shape index (κ3) is 4.39. The summed E-state index contributed by atoms with van der Waals surface area (Å²) in [4.78, 5) is 10.3. The minimum absolute atomic E-state index is 0.680. The van der Waals surface area contributed by atoms with Crippen LogP contribution < -0.4 is 0 Å². The van der Waals surface area contributed by atoms with Gasteiger partial charge < -0.3 is 8.98 Å². The smallest absolute Gasteiger partial charge is 0.160 e. The zero-order valence-corrected chi connectivity index (χ0v) is 24.8. The van der Waals surface area contributed by atoms with E-state index in [9.17, 15) is 0 Å². The summed E-state index contributed by atoms with van der Waals surface area (Å²) in [7, 11) is 0. The third-order valence-electron chi connectivity index (χ3n) is 8.70. The molecule has 0 saturated carbocycles. The molecule has 0 aliphatic rings. The van der Waals surface area contributed by atoms with Crippen LogP contribution in [0.2, 0.25) is 0 Å². The molecule has 0 N–H and O–H groups in total. The molecule has 0 radical (unpaired) electrons. The summed E-state index contributed by atoms with van der Waals surface area (Å²) in [5.41, 5.74) is 11.3. The highest BCUT2D eigenvalue weighted by Crippen LogP contribution is 2.38. The Kier molecular flexibility index (Phi) is 6.10. The van der Waals surface area contributed by atoms with Gasteiger partial charge in [-0.1, -0.05) is 115 Å². The van der Waals surface area contributed by atoms with Gasteiger partial charge in [0.2, 0.25) is 0 Å². The Bertz CT molecular complexity index is 2510. The van der Waals surface area contributed by atoms with Crippen LogP contribution in [-0.2, 0) is 0 Å². The Morgan fingerprint density at radius 3 is 1.87 bits per heavy atom. The van der Waals surface area contributed by atoms with Crippen LogP contribution in [0, 0.1) is 0 Å². The van der Waals surface area contributed by atoms with Gasteiger partial charge in [0.05, 0.1) is 34.1 Å². The van der Waals surface area contributed by atoms with E-state index < -0.39 is 0 Å². The first-order valence-electron chi connectivity index (χ1n) is 15.4. The standard InChI is InChI=1S/C42H27N3O/c1-3-10-28(11-4-1)29-18-20-31(21-19-29)37-27-36(30-12-5-2-6-13-30)43-42(44-37)33-14-9-15-34(26-33)45-38-17-8-7-16-35(38)40-39(45)23-22-32-24-25-46-41(32)40/h1-27H. The zero-order valence-electron chi connectivity index (χ0n) is 24.8. The van der Waals surface area contributed by atoms with Gasteiger partial charge >= 0.3 is 0 Å². The lowest BCUT2D eigenvalue weighted by Gasteiger charge is -2.12. The van der Waals surface area contributed by atoms with Crippen molar-refractivity contribution in [3.8, 4) is 50.7 Å². The SMILES string of the molecule is c1ccc(-c2ccc(-c3cc(-c4ccccc4)nc(-c4cccc(-n5c6ccccc6c6c7occc7ccc65)c4)n3)cc2)cc1. The number of benzene rings is 6. The highest BCUT2D eigenvalue weighted by molar-refractivity contribution is 6.19. The Labute approximate surface area is 265 Å². The fraction of sp³-hybridized carbons (Fsp3) is 0. The van der Waals surface area contributed by atoms with Crippen molar-refractivity contribution < 1.29 is 4.42 Å². The second-order valence-corrected chi connectivity index (χ2v) is 11.5. The monoisotopic (exact) mass is 589 g/mol. The summed E-state index contributed by atoms with van der Waals surface area (Å²) in [6.07, 6.45) is 1.76. The fourth-order valence-corrected chi connectivity index (χ4v) is 6.49. The highest BCUT2D eigenvalue weighted by Gasteiger charge is 2.17. The summed E-state index contributed by atoms with van der Waals surface area (Å²) in [5, 5.41) is 3.37. The minimum atomic E-state index is 0.680. The van der Waals surface area contributed by atoms with Crippen molar-refractivity contribution in [2.75, 3.05) is 0 Å². The number of aromatic nitrogens is 3. The van der Waals surface area contributed by atoms with E-state index in [-0.39, 0.29) is 0 Å². The average Bonchev–Trinajstić information content (AvgIpc) is 3.75. The van der Waals surface area contributed by atoms with Crippen molar-refractivity contribution in [1.82, 2.24) is 14.5 Å². The van der Waals surface area contributed by atoms with E-state index in [0.29, 0.717) is 5.82 Å². The van der Waals surface area contributed by atoms with Crippen LogP contribution in [0.15, 0.2) is 168 Å². The summed E-state index contributed by atoms with van der Waals surface area (Å²) < 4.78 is 8.30. The van der Waals surface area contributed by atoms with Crippen LogP contribution in [0.4, 0.5) is 0 Å². The lowest BCUT2D eigenvalue weighted by molar-refractivity contribution is 0.619. The van der Waals surface area contributed by atoms with Gasteiger partial charge in [0.25, 0.3) is 0 Å². The zero-order chi connectivity index (χ0) is 30.5. The molecule has 0 unspecified atom stereocenters. The van der Waals surface area contributed by atoms with Gasteiger partial charge in [-0.15, -0.1) is 0 Å². The topological polar surface area (TPSA) is 43.9 Å². The Hall–Kier alpha value is -6.26. The van der Waals surface area contributed by atoms with Gasteiger partial charge in [0, 0.05) is 33.2 Å². The lowest BCUT2D eigenvalue weighted by atomic mass is 10.0. The minimum Gasteiger partial charge on any atom is -0.464 e. The van der Waals surface area contributed by atoms with E-state index in [1.54, 1.807) is 6.26 Å². The first-order valence-corrected chi connectivity index (χ1v) is 15.4. The lowest BCUT2D eigenvalue weighted by Crippen LogP contribution is -1.98. The maximum atomic E-state index is 5.99. The van der Waals surface area contributed by atoms with Crippen LogP contribution in [0.25, 0.3) is 83.5 Å². The third-order valence-corrected chi connectivity index (χ3v) is 8.70. The molecule has 4 heteroatoms. The van der Waals surface area contributed by atoms with Gasteiger partial charge in [-0.3, -0.25) is 0 Å². The van der Waals surface area contributed by atoms with Crippen LogP contribution in [0.3, 0.4) is 0 Å². The van der Waals surface area contributed by atoms with E-state index in [1.807, 2.05) is 30.3 Å². The van der Waals surface area contributed by atoms with E-state index in [1.165, 1.54) is 11.1 Å². The number of hydrogen-bond donors (Lipinski definition) is 0. The van der Waals surface area contributed by atoms with Gasteiger partial charge in [-0.2, -0.15) is 0 Å². The van der Waals surface area contributed by atoms with Crippen LogP contribution in [0.1, 0.15) is 0 Å². The number of rotatable bonds is 5. The van der Waals surface area contributed by atoms with E-state index in [2.05, 4.69) is 132 Å². The molecule has 6 aromatic carbocycles. The molecule has 0 amide bonds. The molecule has 216 valence electrons. The van der Waals surface area contributed by atoms with Crippen molar-refractivity contribution in [1.29, 1.82) is 0 Å². The molecule has 4 nitrogen and oxygen atoms in total. The van der Waals surface area contributed by atoms with Gasteiger partial charge in [0.15, 0.2) is 5.82 Å². The Morgan fingerprint density at radius 2 is 1.09 bits per heavy atom. The summed E-state index contributed by atoms with van der Waals surface area (Å²) in [6, 6.07) is 54.8. The second kappa shape index (κ2) is 10.7. The molecule has 0 atom stereocenters. The summed E-state index contributed by atoms with van der Waals surface area (Å²) in [6.45, 7) is 0. The molecule has 3 aromatic heterocycles. The van der Waals surface area contributed by atoms with Crippen LogP contribution >= 0.6 is 0 Å². The summed E-state index contributed by atoms with van der Waals surface area (Å²) in [5.74, 6) is 0.680. The first kappa shape index (κ1) is 26.2. The highest BCUT2D eigenvalue weighted by atomic mass is 16.3. The van der Waals surface area contributed by atoms with Crippen LogP contribution in [-0.4, -0.2) is 14.5 Å².